The van der Waals surface area contributed by atoms with Crippen molar-refractivity contribution in [2.45, 2.75) is 64.7 Å². The van der Waals surface area contributed by atoms with Crippen LogP contribution in [-0.4, -0.2) is 29.2 Å². The smallest absolute Gasteiger partial charge is 0.225 e. The number of rotatable bonds is 6. The molecule has 1 saturated heterocycles. The first-order valence-electron chi connectivity index (χ1n) is 8.59. The van der Waals surface area contributed by atoms with E-state index in [0.29, 0.717) is 11.8 Å². The third-order valence-electron chi connectivity index (χ3n) is 5.28. The minimum absolute atomic E-state index is 0.343. The zero-order valence-corrected chi connectivity index (χ0v) is 14.5. The van der Waals surface area contributed by atoms with Gasteiger partial charge < -0.3 is 4.90 Å². The first-order valence-corrected chi connectivity index (χ1v) is 9.71. The molecular formula is C17H30BrNO. The van der Waals surface area contributed by atoms with Crippen LogP contribution in [0.25, 0.3) is 0 Å². The minimum atomic E-state index is 0.343. The standard InChI is InChI=1S/C17H30BrNO/c1-2-3-4-14-5-7-16(8-6-14)17(20)19-12-10-15(13-19)9-11-18/h14-16H,2-13H2,1H3. The first-order chi connectivity index (χ1) is 9.74. The number of likely N-dealkylation sites (tertiary alicyclic amines) is 1. The van der Waals surface area contributed by atoms with Gasteiger partial charge in [-0.3, -0.25) is 4.79 Å². The number of nitrogens with zero attached hydrogens (tertiary/aromatic N) is 1. The Bertz CT molecular complexity index is 299. The maximum atomic E-state index is 12.6. The molecule has 2 rings (SSSR count). The molecule has 1 aliphatic heterocycles. The Morgan fingerprint density at radius 2 is 1.85 bits per heavy atom. The summed E-state index contributed by atoms with van der Waals surface area (Å²) >= 11 is 3.52. The van der Waals surface area contributed by atoms with Gasteiger partial charge in [-0.05, 0) is 50.4 Å². The predicted molar refractivity (Wildman–Crippen MR) is 88.1 cm³/mol. The third kappa shape index (κ3) is 4.47. The molecule has 0 radical (unpaired) electrons. The molecule has 3 heteroatoms. The van der Waals surface area contributed by atoms with E-state index in [4.69, 9.17) is 0 Å². The molecule has 1 atom stereocenters. The Morgan fingerprint density at radius 3 is 2.50 bits per heavy atom. The fourth-order valence-corrected chi connectivity index (χ4v) is 4.52. The van der Waals surface area contributed by atoms with Gasteiger partial charge in [-0.2, -0.15) is 0 Å². The van der Waals surface area contributed by atoms with Gasteiger partial charge in [0.15, 0.2) is 0 Å². The van der Waals surface area contributed by atoms with Gasteiger partial charge in [-0.25, -0.2) is 0 Å². The summed E-state index contributed by atoms with van der Waals surface area (Å²) in [7, 11) is 0. The van der Waals surface area contributed by atoms with Crippen LogP contribution in [0.4, 0.5) is 0 Å². The maximum Gasteiger partial charge on any atom is 0.225 e. The minimum Gasteiger partial charge on any atom is -0.342 e. The highest BCUT2D eigenvalue weighted by Gasteiger charge is 2.32. The topological polar surface area (TPSA) is 20.3 Å². The normalized spacial score (nSPS) is 30.7. The molecule has 2 nitrogen and oxygen atoms in total. The lowest BCUT2D eigenvalue weighted by atomic mass is 9.79. The van der Waals surface area contributed by atoms with E-state index < -0.39 is 0 Å². The van der Waals surface area contributed by atoms with E-state index in [9.17, 15) is 4.79 Å². The first kappa shape index (κ1) is 16.3. The van der Waals surface area contributed by atoms with Crippen LogP contribution in [0.3, 0.4) is 0 Å². The molecule has 0 aromatic heterocycles. The van der Waals surface area contributed by atoms with Gasteiger partial charge in [0.1, 0.15) is 0 Å². The second kappa shape index (κ2) is 8.41. The van der Waals surface area contributed by atoms with Crippen LogP contribution in [0.15, 0.2) is 0 Å². The second-order valence-corrected chi connectivity index (χ2v) is 7.57. The van der Waals surface area contributed by atoms with Gasteiger partial charge in [0.2, 0.25) is 5.91 Å². The molecule has 0 bridgehead atoms. The molecule has 0 aromatic carbocycles. The second-order valence-electron chi connectivity index (χ2n) is 6.78. The van der Waals surface area contributed by atoms with Crippen LogP contribution in [0.5, 0.6) is 0 Å². The number of alkyl halides is 1. The fraction of sp³-hybridized carbons (Fsp3) is 0.941. The Kier molecular flexibility index (Phi) is 6.86. The molecule has 1 unspecified atom stereocenters. The van der Waals surface area contributed by atoms with Gasteiger partial charge in [-0.15, -0.1) is 0 Å². The van der Waals surface area contributed by atoms with Crippen LogP contribution < -0.4 is 0 Å². The van der Waals surface area contributed by atoms with Crippen LogP contribution in [0.2, 0.25) is 0 Å². The molecule has 20 heavy (non-hydrogen) atoms. The summed E-state index contributed by atoms with van der Waals surface area (Å²) in [4.78, 5) is 14.7. The van der Waals surface area contributed by atoms with E-state index in [1.807, 2.05) is 0 Å². The van der Waals surface area contributed by atoms with E-state index in [0.717, 1.165) is 43.1 Å². The molecule has 0 aromatic rings. The van der Waals surface area contributed by atoms with Gasteiger partial charge in [0.25, 0.3) is 0 Å². The Morgan fingerprint density at radius 1 is 1.10 bits per heavy atom. The zero-order valence-electron chi connectivity index (χ0n) is 13.0. The maximum absolute atomic E-state index is 12.6. The number of unbranched alkanes of at least 4 members (excludes halogenated alkanes) is 1. The SMILES string of the molecule is CCCCC1CCC(C(=O)N2CCC(CCBr)C2)CC1. The van der Waals surface area contributed by atoms with Crippen molar-refractivity contribution in [2.24, 2.45) is 17.8 Å². The molecule has 2 fully saturated rings. The van der Waals surface area contributed by atoms with Crippen LogP contribution in [0, 0.1) is 17.8 Å². The average Bonchev–Trinajstić information content (AvgIpc) is 2.94. The Balaban J connectivity index is 1.72. The number of carbonyl (C=O) groups excluding carboxylic acids is 1. The number of halogens is 1. The molecule has 1 heterocycles. The highest BCUT2D eigenvalue weighted by atomic mass is 79.9. The van der Waals surface area contributed by atoms with E-state index in [2.05, 4.69) is 27.8 Å². The van der Waals surface area contributed by atoms with Crippen LogP contribution in [-0.2, 0) is 4.79 Å². The summed E-state index contributed by atoms with van der Waals surface area (Å²) in [6, 6.07) is 0. The molecular weight excluding hydrogens is 314 g/mol. The summed E-state index contributed by atoms with van der Waals surface area (Å²) in [5.41, 5.74) is 0. The van der Waals surface area contributed by atoms with Crippen molar-refractivity contribution in [3.05, 3.63) is 0 Å². The van der Waals surface area contributed by atoms with Crippen molar-refractivity contribution in [2.75, 3.05) is 18.4 Å². The highest BCUT2D eigenvalue weighted by Crippen LogP contribution is 2.34. The van der Waals surface area contributed by atoms with Crippen LogP contribution >= 0.6 is 15.9 Å². The molecule has 2 aliphatic rings. The summed E-state index contributed by atoms with van der Waals surface area (Å²) in [6.07, 6.45) is 11.3. The average molecular weight is 344 g/mol. The lowest BCUT2D eigenvalue weighted by Crippen LogP contribution is -2.36. The largest absolute Gasteiger partial charge is 0.342 e. The number of amides is 1. The van der Waals surface area contributed by atoms with Gasteiger partial charge in [0, 0.05) is 24.3 Å². The third-order valence-corrected chi connectivity index (χ3v) is 5.73. The lowest BCUT2D eigenvalue weighted by Gasteiger charge is -2.30. The van der Waals surface area contributed by atoms with E-state index in [1.165, 1.54) is 44.9 Å². The molecule has 116 valence electrons. The number of hydrogen-bond donors (Lipinski definition) is 0. The van der Waals surface area contributed by atoms with E-state index in [1.54, 1.807) is 0 Å². The molecule has 0 spiro atoms. The monoisotopic (exact) mass is 343 g/mol. The fourth-order valence-electron chi connectivity index (χ4n) is 3.87. The van der Waals surface area contributed by atoms with Crippen molar-refractivity contribution in [3.8, 4) is 0 Å². The van der Waals surface area contributed by atoms with Gasteiger partial charge >= 0.3 is 0 Å². The lowest BCUT2D eigenvalue weighted by molar-refractivity contribution is -0.135. The molecule has 0 N–H and O–H groups in total. The van der Waals surface area contributed by atoms with Gasteiger partial charge in [-0.1, -0.05) is 42.1 Å². The van der Waals surface area contributed by atoms with Crippen molar-refractivity contribution in [3.63, 3.8) is 0 Å². The highest BCUT2D eigenvalue weighted by molar-refractivity contribution is 9.09. The molecule has 1 saturated carbocycles. The van der Waals surface area contributed by atoms with Crippen molar-refractivity contribution < 1.29 is 4.79 Å². The summed E-state index contributed by atoms with van der Waals surface area (Å²) in [5, 5.41) is 1.07. The molecule has 1 amide bonds. The van der Waals surface area contributed by atoms with Gasteiger partial charge in [0.05, 0.1) is 0 Å². The number of hydrogen-bond acceptors (Lipinski definition) is 1. The quantitative estimate of drug-likeness (QED) is 0.644. The van der Waals surface area contributed by atoms with Crippen LogP contribution in [0.1, 0.15) is 64.7 Å². The zero-order chi connectivity index (χ0) is 14.4. The number of carbonyl (C=O) groups is 1. The Labute approximate surface area is 132 Å². The van der Waals surface area contributed by atoms with E-state index >= 15 is 0 Å². The summed E-state index contributed by atoms with van der Waals surface area (Å²) in [5.74, 6) is 2.45. The van der Waals surface area contributed by atoms with Crippen molar-refractivity contribution in [1.82, 2.24) is 4.90 Å². The molecule has 1 aliphatic carbocycles. The summed E-state index contributed by atoms with van der Waals surface area (Å²) in [6.45, 7) is 4.29. The van der Waals surface area contributed by atoms with Crippen molar-refractivity contribution >= 4 is 21.8 Å². The van der Waals surface area contributed by atoms with E-state index in [-0.39, 0.29) is 0 Å². The summed E-state index contributed by atoms with van der Waals surface area (Å²) < 4.78 is 0. The predicted octanol–water partition coefficient (Wildman–Crippen LogP) is 4.62. The Hall–Kier alpha value is -0.0500. The van der Waals surface area contributed by atoms with Crippen molar-refractivity contribution in [1.29, 1.82) is 0 Å².